The largest absolute Gasteiger partial charge is 0.379 e. The van der Waals surface area contributed by atoms with Crippen LogP contribution in [0.15, 0.2) is 20.9 Å². The van der Waals surface area contributed by atoms with Crippen LogP contribution >= 0.6 is 23.1 Å². The zero-order valence-corrected chi connectivity index (χ0v) is 16.7. The molecule has 2 fully saturated rings. The fourth-order valence-electron chi connectivity index (χ4n) is 3.29. The summed E-state index contributed by atoms with van der Waals surface area (Å²) in [5.74, 6) is 2.16. The Morgan fingerprint density at radius 3 is 3.08 bits per heavy atom. The van der Waals surface area contributed by atoms with Gasteiger partial charge < -0.3 is 15.0 Å². The lowest BCUT2D eigenvalue weighted by atomic mass is 10.2. The molecule has 8 heteroatoms. The van der Waals surface area contributed by atoms with Crippen LogP contribution in [0.5, 0.6) is 0 Å². The number of thiazole rings is 1. The van der Waals surface area contributed by atoms with E-state index in [0.29, 0.717) is 6.04 Å². The second-order valence-corrected chi connectivity index (χ2v) is 8.51. The number of rotatable bonds is 7. The van der Waals surface area contributed by atoms with E-state index in [-0.39, 0.29) is 0 Å². The number of likely N-dealkylation sites (tertiary alicyclic amines) is 1. The summed E-state index contributed by atoms with van der Waals surface area (Å²) in [5, 5.41) is 5.50. The fraction of sp³-hybridized carbons (Fsp3) is 0.765. The van der Waals surface area contributed by atoms with E-state index in [1.807, 2.05) is 23.3 Å². The summed E-state index contributed by atoms with van der Waals surface area (Å²) >= 11 is 3.54. The van der Waals surface area contributed by atoms with E-state index in [1.165, 1.54) is 6.42 Å². The minimum absolute atomic E-state index is 0.646. The molecule has 0 aromatic carbocycles. The van der Waals surface area contributed by atoms with Crippen molar-refractivity contribution in [1.29, 1.82) is 0 Å². The molecule has 140 valence electrons. The summed E-state index contributed by atoms with van der Waals surface area (Å²) in [6.07, 6.45) is 4.18. The van der Waals surface area contributed by atoms with Crippen molar-refractivity contribution in [2.24, 2.45) is 4.99 Å². The second kappa shape index (κ2) is 10.4. The molecule has 1 atom stereocenters. The zero-order chi connectivity index (χ0) is 17.3. The first kappa shape index (κ1) is 18.9. The molecule has 0 saturated carbocycles. The molecule has 3 heterocycles. The van der Waals surface area contributed by atoms with E-state index in [0.717, 1.165) is 75.0 Å². The number of thioether (sulfide) groups is 1. The molecular formula is C17H29N5OS2. The van der Waals surface area contributed by atoms with Gasteiger partial charge in [0.25, 0.3) is 0 Å². The quantitative estimate of drug-likeness (QED) is 0.336. The third kappa shape index (κ3) is 5.84. The van der Waals surface area contributed by atoms with Crippen LogP contribution in [0.3, 0.4) is 0 Å². The van der Waals surface area contributed by atoms with Crippen LogP contribution in [0, 0.1) is 0 Å². The normalized spacial score (nSPS) is 22.5. The summed E-state index contributed by atoms with van der Waals surface area (Å²) in [4.78, 5) is 14.2. The topological polar surface area (TPSA) is 53.0 Å². The van der Waals surface area contributed by atoms with Crippen molar-refractivity contribution < 1.29 is 4.74 Å². The van der Waals surface area contributed by atoms with Crippen molar-refractivity contribution in [3.63, 3.8) is 0 Å². The van der Waals surface area contributed by atoms with Crippen LogP contribution in [0.1, 0.15) is 19.8 Å². The number of aliphatic imine (C=N–C) groups is 1. The van der Waals surface area contributed by atoms with Crippen LogP contribution in [0.4, 0.5) is 0 Å². The molecule has 1 N–H and O–H groups in total. The van der Waals surface area contributed by atoms with Gasteiger partial charge in [-0.25, -0.2) is 4.98 Å². The summed E-state index contributed by atoms with van der Waals surface area (Å²) in [6, 6.07) is 0.646. The Labute approximate surface area is 159 Å². The minimum Gasteiger partial charge on any atom is -0.379 e. The summed E-state index contributed by atoms with van der Waals surface area (Å²) in [7, 11) is 0. The van der Waals surface area contributed by atoms with Crippen molar-refractivity contribution >= 4 is 29.1 Å². The molecule has 6 nitrogen and oxygen atoms in total. The lowest BCUT2D eigenvalue weighted by molar-refractivity contribution is 0.0195. The van der Waals surface area contributed by atoms with Crippen molar-refractivity contribution in [1.82, 2.24) is 20.1 Å². The smallest absolute Gasteiger partial charge is 0.193 e. The Hall–Kier alpha value is -0.830. The predicted molar refractivity (Wildman–Crippen MR) is 106 cm³/mol. The van der Waals surface area contributed by atoms with Gasteiger partial charge in [-0.2, -0.15) is 0 Å². The minimum atomic E-state index is 0.646. The Bertz CT molecular complexity index is 519. The van der Waals surface area contributed by atoms with Gasteiger partial charge in [0.2, 0.25) is 0 Å². The SMILES string of the molecule is CCNC(=NCCCSc1nccs1)N1CCC(N2CCOCC2)C1. The maximum absolute atomic E-state index is 5.48. The first-order chi connectivity index (χ1) is 12.4. The van der Waals surface area contributed by atoms with Gasteiger partial charge in [0, 0.05) is 62.6 Å². The summed E-state index contributed by atoms with van der Waals surface area (Å²) < 4.78 is 6.63. The first-order valence-electron chi connectivity index (χ1n) is 9.24. The molecule has 1 aromatic rings. The van der Waals surface area contributed by atoms with E-state index in [9.17, 15) is 0 Å². The molecular weight excluding hydrogens is 354 g/mol. The lowest BCUT2D eigenvalue weighted by Crippen LogP contribution is -2.46. The number of nitrogens with one attached hydrogen (secondary N) is 1. The lowest BCUT2D eigenvalue weighted by Gasteiger charge is -2.32. The molecule has 2 saturated heterocycles. The summed E-state index contributed by atoms with van der Waals surface area (Å²) in [6.45, 7) is 10.0. The van der Waals surface area contributed by atoms with Crippen molar-refractivity contribution in [2.45, 2.75) is 30.1 Å². The standard InChI is InChI=1S/C17H29N5OS2/c1-2-18-16(19-5-3-12-24-17-20-6-13-25-17)22-7-4-15(14-22)21-8-10-23-11-9-21/h6,13,15H,2-5,7-12,14H2,1H3,(H,18,19). The Kier molecular flexibility index (Phi) is 7.84. The highest BCUT2D eigenvalue weighted by Crippen LogP contribution is 2.21. The van der Waals surface area contributed by atoms with Gasteiger partial charge in [-0.05, 0) is 19.8 Å². The van der Waals surface area contributed by atoms with Crippen LogP contribution in [0.25, 0.3) is 0 Å². The molecule has 1 aromatic heterocycles. The highest BCUT2D eigenvalue weighted by Gasteiger charge is 2.30. The summed E-state index contributed by atoms with van der Waals surface area (Å²) in [5.41, 5.74) is 0. The van der Waals surface area contributed by atoms with Crippen LogP contribution in [0.2, 0.25) is 0 Å². The van der Waals surface area contributed by atoms with Crippen LogP contribution < -0.4 is 5.32 Å². The van der Waals surface area contributed by atoms with Crippen LogP contribution in [-0.4, -0.2) is 85.0 Å². The van der Waals surface area contributed by atoms with E-state index in [2.05, 4.69) is 27.0 Å². The van der Waals surface area contributed by atoms with Gasteiger partial charge in [0.1, 0.15) is 4.34 Å². The second-order valence-electron chi connectivity index (χ2n) is 6.27. The van der Waals surface area contributed by atoms with E-state index in [1.54, 1.807) is 11.3 Å². The molecule has 0 radical (unpaired) electrons. The van der Waals surface area contributed by atoms with Gasteiger partial charge in [-0.3, -0.25) is 9.89 Å². The number of ether oxygens (including phenoxy) is 1. The fourth-order valence-corrected chi connectivity index (χ4v) is 4.92. The Morgan fingerprint density at radius 1 is 1.44 bits per heavy atom. The van der Waals surface area contributed by atoms with Crippen molar-refractivity contribution in [3.05, 3.63) is 11.6 Å². The highest BCUT2D eigenvalue weighted by atomic mass is 32.2. The maximum Gasteiger partial charge on any atom is 0.193 e. The van der Waals surface area contributed by atoms with Gasteiger partial charge >= 0.3 is 0 Å². The highest BCUT2D eigenvalue weighted by molar-refractivity contribution is 8.00. The van der Waals surface area contributed by atoms with Crippen molar-refractivity contribution in [2.75, 3.05) is 58.2 Å². The molecule has 0 amide bonds. The third-order valence-corrected chi connectivity index (χ3v) is 6.61. The van der Waals surface area contributed by atoms with Gasteiger partial charge in [0.15, 0.2) is 5.96 Å². The average Bonchev–Trinajstić information content (AvgIpc) is 3.33. The van der Waals surface area contributed by atoms with Gasteiger partial charge in [-0.15, -0.1) is 11.3 Å². The number of hydrogen-bond acceptors (Lipinski definition) is 6. The molecule has 3 rings (SSSR count). The monoisotopic (exact) mass is 383 g/mol. The first-order valence-corrected chi connectivity index (χ1v) is 11.1. The number of aromatic nitrogens is 1. The maximum atomic E-state index is 5.48. The molecule has 2 aliphatic rings. The number of hydrogen-bond donors (Lipinski definition) is 1. The molecule has 0 bridgehead atoms. The average molecular weight is 384 g/mol. The number of nitrogens with zero attached hydrogens (tertiary/aromatic N) is 4. The van der Waals surface area contributed by atoms with Crippen LogP contribution in [-0.2, 0) is 4.74 Å². The van der Waals surface area contributed by atoms with E-state index in [4.69, 9.17) is 9.73 Å². The van der Waals surface area contributed by atoms with Gasteiger partial charge in [0.05, 0.1) is 13.2 Å². The Balaban J connectivity index is 1.43. The van der Waals surface area contributed by atoms with E-state index < -0.39 is 0 Å². The third-order valence-electron chi connectivity index (χ3n) is 4.56. The van der Waals surface area contributed by atoms with Gasteiger partial charge in [-0.1, -0.05) is 11.8 Å². The molecule has 2 aliphatic heterocycles. The molecule has 0 aliphatic carbocycles. The zero-order valence-electron chi connectivity index (χ0n) is 15.0. The molecule has 25 heavy (non-hydrogen) atoms. The van der Waals surface area contributed by atoms with Crippen molar-refractivity contribution in [3.8, 4) is 0 Å². The molecule has 1 unspecified atom stereocenters. The number of guanidine groups is 1. The van der Waals surface area contributed by atoms with E-state index >= 15 is 0 Å². The Morgan fingerprint density at radius 2 is 2.32 bits per heavy atom. The molecule has 0 spiro atoms. The number of morpholine rings is 1. The predicted octanol–water partition coefficient (Wildman–Crippen LogP) is 2.00.